The quantitative estimate of drug-likeness (QED) is 0.811. The van der Waals surface area contributed by atoms with Crippen LogP contribution in [-0.2, 0) is 26.0 Å². The number of carbonyl (C=O) groups is 2. The summed E-state index contributed by atoms with van der Waals surface area (Å²) in [4.78, 5) is 24.9. The second-order valence-corrected chi connectivity index (χ2v) is 7.40. The van der Waals surface area contributed by atoms with Crippen molar-refractivity contribution in [1.82, 2.24) is 9.62 Å². The summed E-state index contributed by atoms with van der Waals surface area (Å²) in [7, 11) is -2.06. The number of amides is 2. The lowest BCUT2D eigenvalue weighted by Crippen LogP contribution is -2.37. The van der Waals surface area contributed by atoms with Crippen LogP contribution >= 0.6 is 0 Å². The van der Waals surface area contributed by atoms with Gasteiger partial charge in [-0.05, 0) is 30.2 Å². The van der Waals surface area contributed by atoms with Gasteiger partial charge in [0.25, 0.3) is 0 Å². The number of rotatable bonds is 2. The molecule has 1 N–H and O–H groups in total. The van der Waals surface area contributed by atoms with Crippen LogP contribution in [0, 0.1) is 0 Å². The molecule has 0 aromatic heterocycles. The topological polar surface area (TPSA) is 86.8 Å². The Labute approximate surface area is 128 Å². The third-order valence-corrected chi connectivity index (χ3v) is 5.83. The number of carbonyl (C=O) groups excluding carboxylic acids is 2. The predicted octanol–water partition coefficient (Wildman–Crippen LogP) is -0.284. The number of likely N-dealkylation sites (N-methyl/N-ethyl adjacent to an activating group) is 1. The summed E-state index contributed by atoms with van der Waals surface area (Å²) >= 11 is 0. The summed E-state index contributed by atoms with van der Waals surface area (Å²) in [6.07, 6.45) is 0.785. The normalized spacial score (nSPS) is 19.8. The van der Waals surface area contributed by atoms with E-state index in [4.69, 9.17) is 0 Å². The van der Waals surface area contributed by atoms with Gasteiger partial charge < -0.3 is 10.2 Å². The van der Waals surface area contributed by atoms with Crippen LogP contribution in [-0.4, -0.2) is 51.2 Å². The molecule has 8 heteroatoms. The molecule has 2 amide bonds. The summed E-state index contributed by atoms with van der Waals surface area (Å²) in [5.41, 5.74) is 1.44. The smallest absolute Gasteiger partial charge is 0.243 e. The number of nitrogens with zero attached hydrogens (tertiary/aromatic N) is 2. The third-order valence-electron chi connectivity index (χ3n) is 3.99. The van der Waals surface area contributed by atoms with Gasteiger partial charge in [0.15, 0.2) is 0 Å². The Balaban J connectivity index is 1.95. The third kappa shape index (κ3) is 2.48. The van der Waals surface area contributed by atoms with E-state index >= 15 is 0 Å². The zero-order valence-electron chi connectivity index (χ0n) is 12.2. The van der Waals surface area contributed by atoms with Crippen molar-refractivity contribution in [2.75, 3.05) is 31.6 Å². The first-order valence-electron chi connectivity index (χ1n) is 7.06. The fourth-order valence-corrected chi connectivity index (χ4v) is 4.23. The van der Waals surface area contributed by atoms with Gasteiger partial charge in [-0.1, -0.05) is 0 Å². The van der Waals surface area contributed by atoms with Crippen LogP contribution in [0.1, 0.15) is 12.0 Å². The van der Waals surface area contributed by atoms with E-state index in [0.717, 1.165) is 5.69 Å². The molecule has 0 aliphatic carbocycles. The van der Waals surface area contributed by atoms with E-state index in [0.29, 0.717) is 25.1 Å². The van der Waals surface area contributed by atoms with Crippen LogP contribution in [0.25, 0.3) is 0 Å². The van der Waals surface area contributed by atoms with Crippen LogP contribution in [0.4, 0.5) is 5.69 Å². The zero-order chi connectivity index (χ0) is 15.9. The highest BCUT2D eigenvalue weighted by atomic mass is 32.2. The standard InChI is InChI=1S/C14H17N3O4S/c1-16-12-4-3-11(7-10(12)8-14(16)19)22(20,21)17-6-2-5-15-13(18)9-17/h3-4,7H,2,5-6,8-9H2,1H3,(H,15,18). The average Bonchev–Trinajstić information content (AvgIpc) is 2.65. The van der Waals surface area contributed by atoms with Gasteiger partial charge in [0.1, 0.15) is 0 Å². The van der Waals surface area contributed by atoms with Crippen LogP contribution in [0.2, 0.25) is 0 Å². The highest BCUT2D eigenvalue weighted by molar-refractivity contribution is 7.89. The fourth-order valence-electron chi connectivity index (χ4n) is 2.74. The molecule has 1 fully saturated rings. The molecule has 1 aromatic rings. The van der Waals surface area contributed by atoms with Crippen LogP contribution < -0.4 is 10.2 Å². The monoisotopic (exact) mass is 323 g/mol. The lowest BCUT2D eigenvalue weighted by molar-refractivity contribution is -0.120. The molecular weight excluding hydrogens is 306 g/mol. The summed E-state index contributed by atoms with van der Waals surface area (Å²) in [6.45, 7) is 0.615. The van der Waals surface area contributed by atoms with Crippen molar-refractivity contribution >= 4 is 27.5 Å². The van der Waals surface area contributed by atoms with Gasteiger partial charge in [0.2, 0.25) is 21.8 Å². The van der Waals surface area contributed by atoms with E-state index < -0.39 is 10.0 Å². The zero-order valence-corrected chi connectivity index (χ0v) is 13.0. The van der Waals surface area contributed by atoms with Crippen molar-refractivity contribution < 1.29 is 18.0 Å². The molecule has 2 aliphatic rings. The van der Waals surface area contributed by atoms with E-state index in [1.54, 1.807) is 13.1 Å². The molecule has 1 aromatic carbocycles. The minimum absolute atomic E-state index is 0.0568. The lowest BCUT2D eigenvalue weighted by Gasteiger charge is -2.19. The first-order valence-corrected chi connectivity index (χ1v) is 8.50. The second kappa shape index (κ2) is 5.36. The van der Waals surface area contributed by atoms with Crippen LogP contribution in [0.5, 0.6) is 0 Å². The van der Waals surface area contributed by atoms with Crippen molar-refractivity contribution in [2.45, 2.75) is 17.7 Å². The van der Waals surface area contributed by atoms with Gasteiger partial charge in [-0.25, -0.2) is 8.42 Å². The second-order valence-electron chi connectivity index (χ2n) is 5.46. The molecule has 1 saturated heterocycles. The largest absolute Gasteiger partial charge is 0.355 e. The predicted molar refractivity (Wildman–Crippen MR) is 79.9 cm³/mol. The van der Waals surface area contributed by atoms with Gasteiger partial charge >= 0.3 is 0 Å². The summed E-state index contributed by atoms with van der Waals surface area (Å²) in [5.74, 6) is -0.351. The number of fused-ring (bicyclic) bond motifs is 1. The molecule has 0 spiro atoms. The number of nitrogens with one attached hydrogen (secondary N) is 1. The Bertz CT molecular complexity index is 744. The van der Waals surface area contributed by atoms with Crippen molar-refractivity contribution in [3.8, 4) is 0 Å². The van der Waals surface area contributed by atoms with Gasteiger partial charge in [-0.2, -0.15) is 4.31 Å². The molecule has 2 heterocycles. The van der Waals surface area contributed by atoms with Gasteiger partial charge in [-0.3, -0.25) is 9.59 Å². The molecule has 0 radical (unpaired) electrons. The van der Waals surface area contributed by atoms with Crippen molar-refractivity contribution in [1.29, 1.82) is 0 Å². The summed E-state index contributed by atoms with van der Waals surface area (Å²) < 4.78 is 26.6. The Kier molecular flexibility index (Phi) is 3.65. The van der Waals surface area contributed by atoms with E-state index in [1.807, 2.05) is 0 Å². The molecule has 0 bridgehead atoms. The molecular formula is C14H17N3O4S. The van der Waals surface area contributed by atoms with Crippen LogP contribution in [0.3, 0.4) is 0 Å². The number of benzene rings is 1. The van der Waals surface area contributed by atoms with E-state index in [9.17, 15) is 18.0 Å². The maximum Gasteiger partial charge on any atom is 0.243 e. The van der Waals surface area contributed by atoms with Gasteiger partial charge in [-0.15, -0.1) is 0 Å². The molecule has 3 rings (SSSR count). The first kappa shape index (κ1) is 15.0. The molecule has 2 aliphatic heterocycles. The molecule has 22 heavy (non-hydrogen) atoms. The molecule has 0 unspecified atom stereocenters. The number of hydrogen-bond acceptors (Lipinski definition) is 4. The summed E-state index contributed by atoms with van der Waals surface area (Å²) in [6, 6.07) is 4.67. The SMILES string of the molecule is CN1C(=O)Cc2cc(S(=O)(=O)N3CCCNC(=O)C3)ccc21. The van der Waals surface area contributed by atoms with Crippen molar-refractivity contribution in [2.24, 2.45) is 0 Å². The van der Waals surface area contributed by atoms with Gasteiger partial charge in [0, 0.05) is 25.8 Å². The fraction of sp³-hybridized carbons (Fsp3) is 0.429. The Morgan fingerprint density at radius 1 is 1.23 bits per heavy atom. The molecule has 0 atom stereocenters. The number of sulfonamides is 1. The van der Waals surface area contributed by atoms with Crippen LogP contribution in [0.15, 0.2) is 23.1 Å². The minimum Gasteiger partial charge on any atom is -0.355 e. The average molecular weight is 323 g/mol. The molecule has 7 nitrogen and oxygen atoms in total. The maximum absolute atomic E-state index is 12.7. The van der Waals surface area contributed by atoms with Crippen molar-refractivity contribution in [3.63, 3.8) is 0 Å². The highest BCUT2D eigenvalue weighted by Crippen LogP contribution is 2.30. The highest BCUT2D eigenvalue weighted by Gasteiger charge is 2.31. The molecule has 118 valence electrons. The van der Waals surface area contributed by atoms with E-state index in [2.05, 4.69) is 5.32 Å². The Hall–Kier alpha value is -1.93. The Morgan fingerprint density at radius 2 is 2.00 bits per heavy atom. The maximum atomic E-state index is 12.7. The molecule has 0 saturated carbocycles. The number of hydrogen-bond donors (Lipinski definition) is 1. The first-order chi connectivity index (χ1) is 10.4. The van der Waals surface area contributed by atoms with Crippen molar-refractivity contribution in [3.05, 3.63) is 23.8 Å². The van der Waals surface area contributed by atoms with E-state index in [1.165, 1.54) is 21.3 Å². The lowest BCUT2D eigenvalue weighted by atomic mass is 10.2. The van der Waals surface area contributed by atoms with Gasteiger partial charge in [0.05, 0.1) is 17.9 Å². The summed E-state index contributed by atoms with van der Waals surface area (Å²) in [5, 5.41) is 2.65. The minimum atomic E-state index is -3.73. The van der Waals surface area contributed by atoms with E-state index in [-0.39, 0.29) is 29.7 Å². The Morgan fingerprint density at radius 3 is 2.77 bits per heavy atom. The number of anilines is 1.